The number of carbonyl (C=O) groups is 2. The highest BCUT2D eigenvalue weighted by Crippen LogP contribution is 2.35. The highest BCUT2D eigenvalue weighted by molar-refractivity contribution is 6.02. The van der Waals surface area contributed by atoms with Crippen molar-refractivity contribution in [3.8, 4) is 6.01 Å². The fraction of sp³-hybridized carbons (Fsp3) is 0.400. The van der Waals surface area contributed by atoms with Crippen LogP contribution in [0.3, 0.4) is 0 Å². The molecule has 1 unspecified atom stereocenters. The Kier molecular flexibility index (Phi) is 5.76. The third-order valence-corrected chi connectivity index (χ3v) is 4.52. The summed E-state index contributed by atoms with van der Waals surface area (Å²) in [7, 11) is 0. The van der Waals surface area contributed by atoms with Gasteiger partial charge >= 0.3 is 6.01 Å². The molecule has 1 aliphatic rings. The van der Waals surface area contributed by atoms with E-state index in [4.69, 9.17) is 4.74 Å². The number of nitrogens with one attached hydrogen (secondary N) is 1. The Morgan fingerprint density at radius 3 is 2.66 bits per heavy atom. The zero-order chi connectivity index (χ0) is 21.2. The number of halogens is 2. The summed E-state index contributed by atoms with van der Waals surface area (Å²) in [5, 5.41) is 2.77. The highest BCUT2D eigenvalue weighted by Gasteiger charge is 2.45. The third-order valence-electron chi connectivity index (χ3n) is 4.52. The quantitative estimate of drug-likeness (QED) is 0.800. The molecular formula is C20H22F2N4O3. The van der Waals surface area contributed by atoms with Gasteiger partial charge in [-0.15, -0.1) is 0 Å². The lowest BCUT2D eigenvalue weighted by Crippen LogP contribution is -2.40. The predicted molar refractivity (Wildman–Crippen MR) is 101 cm³/mol. The largest absolute Gasteiger partial charge is 0.461 e. The van der Waals surface area contributed by atoms with E-state index in [-0.39, 0.29) is 49.1 Å². The number of hydrogen-bond acceptors (Lipinski definition) is 5. The molecule has 0 aliphatic carbocycles. The van der Waals surface area contributed by atoms with Gasteiger partial charge in [0, 0.05) is 30.9 Å². The molecule has 1 aliphatic heterocycles. The van der Waals surface area contributed by atoms with Crippen molar-refractivity contribution in [1.82, 2.24) is 15.3 Å². The molecule has 0 spiro atoms. The monoisotopic (exact) mass is 404 g/mol. The van der Waals surface area contributed by atoms with Crippen LogP contribution >= 0.6 is 0 Å². The van der Waals surface area contributed by atoms with Crippen LogP contribution in [0.5, 0.6) is 6.01 Å². The molecule has 1 atom stereocenters. The Hall–Kier alpha value is -3.10. The van der Waals surface area contributed by atoms with Crippen LogP contribution in [-0.4, -0.2) is 34.4 Å². The van der Waals surface area contributed by atoms with Crippen molar-refractivity contribution in [3.63, 3.8) is 0 Å². The van der Waals surface area contributed by atoms with Crippen molar-refractivity contribution in [2.75, 3.05) is 11.4 Å². The number of anilines is 1. The minimum absolute atomic E-state index is 0.0199. The van der Waals surface area contributed by atoms with Crippen molar-refractivity contribution >= 4 is 17.5 Å². The van der Waals surface area contributed by atoms with Gasteiger partial charge in [-0.2, -0.15) is 4.98 Å². The first kappa shape index (κ1) is 20.6. The summed E-state index contributed by atoms with van der Waals surface area (Å²) in [6.07, 6.45) is 1.39. The Balaban J connectivity index is 1.67. The smallest absolute Gasteiger partial charge is 0.316 e. The second kappa shape index (κ2) is 8.10. The number of benzene rings is 1. The van der Waals surface area contributed by atoms with Crippen molar-refractivity contribution < 1.29 is 23.1 Å². The first-order chi connectivity index (χ1) is 13.7. The van der Waals surface area contributed by atoms with Crippen LogP contribution in [-0.2, 0) is 16.1 Å². The van der Waals surface area contributed by atoms with Crippen molar-refractivity contribution in [1.29, 1.82) is 0 Å². The standard InChI is InChI=1S/C20H22F2N4O3/c1-12(2)29-19-23-5-4-15(25-19)10-24-18(28)20(3)9-17(27)26(11-20)16-7-13(21)6-14(22)8-16/h4-8,12H,9-11H2,1-3H3,(H,24,28). The number of carbonyl (C=O) groups excluding carboxylic acids is 2. The molecule has 9 heteroatoms. The van der Waals surface area contributed by atoms with E-state index in [1.165, 1.54) is 11.1 Å². The van der Waals surface area contributed by atoms with Crippen LogP contribution in [0.1, 0.15) is 32.9 Å². The van der Waals surface area contributed by atoms with Gasteiger partial charge in [-0.25, -0.2) is 13.8 Å². The molecule has 2 aromatic rings. The lowest BCUT2D eigenvalue weighted by molar-refractivity contribution is -0.131. The van der Waals surface area contributed by atoms with Crippen LogP contribution in [0.15, 0.2) is 30.5 Å². The van der Waals surface area contributed by atoms with Gasteiger partial charge in [0.2, 0.25) is 11.8 Å². The van der Waals surface area contributed by atoms with Gasteiger partial charge in [-0.05, 0) is 39.0 Å². The molecule has 2 amide bonds. The fourth-order valence-corrected chi connectivity index (χ4v) is 3.13. The van der Waals surface area contributed by atoms with Gasteiger partial charge in [-0.1, -0.05) is 0 Å². The second-order valence-corrected chi connectivity index (χ2v) is 7.52. The zero-order valence-electron chi connectivity index (χ0n) is 16.4. The van der Waals surface area contributed by atoms with E-state index in [1.807, 2.05) is 13.8 Å². The summed E-state index contributed by atoms with van der Waals surface area (Å²) in [6.45, 7) is 5.50. The number of hydrogen-bond donors (Lipinski definition) is 1. The summed E-state index contributed by atoms with van der Waals surface area (Å²) in [5.41, 5.74) is -0.388. The topological polar surface area (TPSA) is 84.4 Å². The van der Waals surface area contributed by atoms with Crippen LogP contribution in [0.25, 0.3) is 0 Å². The Labute approximate surface area is 167 Å². The van der Waals surface area contributed by atoms with Crippen LogP contribution in [0.2, 0.25) is 0 Å². The normalized spacial score (nSPS) is 19.0. The molecule has 29 heavy (non-hydrogen) atoms. The number of ether oxygens (including phenoxy) is 1. The Morgan fingerprint density at radius 1 is 1.31 bits per heavy atom. The first-order valence-corrected chi connectivity index (χ1v) is 9.20. The van der Waals surface area contributed by atoms with Gasteiger partial charge in [-0.3, -0.25) is 9.59 Å². The van der Waals surface area contributed by atoms with Crippen molar-refractivity contribution in [2.45, 2.75) is 39.8 Å². The molecular weight excluding hydrogens is 382 g/mol. The lowest BCUT2D eigenvalue weighted by Gasteiger charge is -2.23. The van der Waals surface area contributed by atoms with Crippen LogP contribution in [0.4, 0.5) is 14.5 Å². The van der Waals surface area contributed by atoms with E-state index in [0.29, 0.717) is 5.69 Å². The SMILES string of the molecule is CC(C)Oc1nccc(CNC(=O)C2(C)CC(=O)N(c3cc(F)cc(F)c3)C2)n1. The molecule has 2 heterocycles. The molecule has 0 bridgehead atoms. The Bertz CT molecular complexity index is 917. The lowest BCUT2D eigenvalue weighted by atomic mass is 9.88. The highest BCUT2D eigenvalue weighted by atomic mass is 19.1. The molecule has 7 nitrogen and oxygen atoms in total. The number of rotatable bonds is 6. The average Bonchev–Trinajstić information content (AvgIpc) is 2.94. The number of amides is 2. The fourth-order valence-electron chi connectivity index (χ4n) is 3.13. The number of nitrogens with zero attached hydrogens (tertiary/aromatic N) is 3. The van der Waals surface area contributed by atoms with Gasteiger partial charge in [0.1, 0.15) is 11.6 Å². The van der Waals surface area contributed by atoms with E-state index >= 15 is 0 Å². The van der Waals surface area contributed by atoms with Gasteiger partial charge in [0.25, 0.3) is 0 Å². The minimum atomic E-state index is -1.04. The van der Waals surface area contributed by atoms with E-state index < -0.39 is 17.0 Å². The molecule has 1 N–H and O–H groups in total. The molecule has 1 saturated heterocycles. The maximum atomic E-state index is 13.5. The summed E-state index contributed by atoms with van der Waals surface area (Å²) >= 11 is 0. The van der Waals surface area contributed by atoms with E-state index in [9.17, 15) is 18.4 Å². The van der Waals surface area contributed by atoms with Crippen LogP contribution < -0.4 is 15.0 Å². The maximum Gasteiger partial charge on any atom is 0.316 e. The molecule has 1 aromatic carbocycles. The van der Waals surface area contributed by atoms with Crippen molar-refractivity contribution in [2.24, 2.45) is 5.41 Å². The second-order valence-electron chi connectivity index (χ2n) is 7.52. The summed E-state index contributed by atoms with van der Waals surface area (Å²) in [4.78, 5) is 34.6. The van der Waals surface area contributed by atoms with Gasteiger partial charge < -0.3 is 15.0 Å². The molecule has 0 saturated carbocycles. The summed E-state index contributed by atoms with van der Waals surface area (Å²) < 4.78 is 32.4. The van der Waals surface area contributed by atoms with Crippen molar-refractivity contribution in [3.05, 3.63) is 47.8 Å². The average molecular weight is 404 g/mol. The first-order valence-electron chi connectivity index (χ1n) is 9.20. The Morgan fingerprint density at radius 2 is 2.00 bits per heavy atom. The molecule has 0 radical (unpaired) electrons. The van der Waals surface area contributed by atoms with E-state index in [0.717, 1.165) is 18.2 Å². The third kappa shape index (κ3) is 4.85. The molecule has 1 aromatic heterocycles. The minimum Gasteiger partial charge on any atom is -0.461 e. The van der Waals surface area contributed by atoms with Crippen LogP contribution in [0, 0.1) is 17.0 Å². The molecule has 3 rings (SSSR count). The van der Waals surface area contributed by atoms with Gasteiger partial charge in [0.05, 0.1) is 23.8 Å². The summed E-state index contributed by atoms with van der Waals surface area (Å²) in [6, 6.07) is 4.74. The molecule has 154 valence electrons. The van der Waals surface area contributed by atoms with E-state index in [2.05, 4.69) is 15.3 Å². The zero-order valence-corrected chi connectivity index (χ0v) is 16.4. The molecule has 1 fully saturated rings. The summed E-state index contributed by atoms with van der Waals surface area (Å²) in [5.74, 6) is -2.29. The van der Waals surface area contributed by atoms with Gasteiger partial charge in [0.15, 0.2) is 0 Å². The van der Waals surface area contributed by atoms with E-state index in [1.54, 1.807) is 13.0 Å². The number of aromatic nitrogens is 2. The predicted octanol–water partition coefficient (Wildman–Crippen LogP) is 2.60. The maximum absolute atomic E-state index is 13.5.